The molecule has 0 radical (unpaired) electrons. The predicted octanol–water partition coefficient (Wildman–Crippen LogP) is 3.58. The van der Waals surface area contributed by atoms with Crippen LogP contribution in [0.1, 0.15) is 30.2 Å². The smallest absolute Gasteiger partial charge is 0.161 e. The fourth-order valence-corrected chi connectivity index (χ4v) is 3.40. The molecule has 3 heterocycles. The molecule has 1 atom stereocenters. The van der Waals surface area contributed by atoms with Gasteiger partial charge >= 0.3 is 0 Å². The van der Waals surface area contributed by atoms with E-state index in [1.807, 2.05) is 24.3 Å². The Labute approximate surface area is 165 Å². The number of pyridine rings is 1. The average molecular weight is 375 g/mol. The molecule has 0 unspecified atom stereocenters. The predicted molar refractivity (Wildman–Crippen MR) is 110 cm³/mol. The number of benzene rings is 1. The maximum atomic E-state index is 5.23. The average Bonchev–Trinajstić information content (AvgIpc) is 3.22. The molecule has 3 aromatic rings. The third kappa shape index (κ3) is 4.12. The molecule has 6 heteroatoms. The molecule has 0 fully saturated rings. The van der Waals surface area contributed by atoms with E-state index in [-0.39, 0.29) is 0 Å². The Hall–Kier alpha value is -2.99. The molecule has 0 saturated carbocycles. The van der Waals surface area contributed by atoms with Crippen LogP contribution in [0.3, 0.4) is 0 Å². The van der Waals surface area contributed by atoms with Gasteiger partial charge in [-0.2, -0.15) is 0 Å². The second-order valence-corrected chi connectivity index (χ2v) is 7.09. The minimum atomic E-state index is 0.298. The molecule has 2 N–H and O–H groups in total. The van der Waals surface area contributed by atoms with Crippen molar-refractivity contribution in [3.05, 3.63) is 65.6 Å². The lowest BCUT2D eigenvalue weighted by atomic mass is 10.1. The number of fused-ring (bicyclic) bond motifs is 1. The highest BCUT2D eigenvalue weighted by Gasteiger charge is 2.20. The number of nitrogens with one attached hydrogen (secondary N) is 2. The number of rotatable bonds is 7. The van der Waals surface area contributed by atoms with E-state index in [0.29, 0.717) is 6.04 Å². The minimum absolute atomic E-state index is 0.298. The first-order valence-corrected chi connectivity index (χ1v) is 9.63. The maximum absolute atomic E-state index is 5.23. The van der Waals surface area contributed by atoms with Crippen LogP contribution in [0.25, 0.3) is 11.4 Å². The van der Waals surface area contributed by atoms with E-state index in [0.717, 1.165) is 54.6 Å². The molecule has 0 aliphatic carbocycles. The number of aryl methyl sites for hydroxylation is 1. The third-order valence-electron chi connectivity index (χ3n) is 5.03. The van der Waals surface area contributed by atoms with Crippen LogP contribution in [0.2, 0.25) is 0 Å². The second-order valence-electron chi connectivity index (χ2n) is 7.09. The van der Waals surface area contributed by atoms with Gasteiger partial charge in [-0.15, -0.1) is 0 Å². The van der Waals surface area contributed by atoms with E-state index in [1.54, 1.807) is 19.5 Å². The lowest BCUT2D eigenvalue weighted by Gasteiger charge is -2.18. The van der Waals surface area contributed by atoms with Crippen molar-refractivity contribution in [1.29, 1.82) is 0 Å². The van der Waals surface area contributed by atoms with Crippen molar-refractivity contribution >= 4 is 5.82 Å². The topological polar surface area (TPSA) is 72.0 Å². The van der Waals surface area contributed by atoms with Gasteiger partial charge in [-0.25, -0.2) is 9.97 Å². The Morgan fingerprint density at radius 1 is 1.07 bits per heavy atom. The molecule has 28 heavy (non-hydrogen) atoms. The number of ether oxygens (including phenoxy) is 1. The summed E-state index contributed by atoms with van der Waals surface area (Å²) in [5, 5.41) is 7.00. The molecule has 0 bridgehead atoms. The van der Waals surface area contributed by atoms with Crippen LogP contribution in [0.15, 0.2) is 48.8 Å². The van der Waals surface area contributed by atoms with Crippen LogP contribution < -0.4 is 15.4 Å². The Morgan fingerprint density at radius 2 is 1.86 bits per heavy atom. The SMILES string of the molecule is COc1ccc(CC[C@@H](C)Nc2nc(-c3ccncc3)nc3c2CNC3)cc1. The quantitative estimate of drug-likeness (QED) is 0.658. The first-order valence-electron chi connectivity index (χ1n) is 9.63. The van der Waals surface area contributed by atoms with E-state index in [4.69, 9.17) is 14.7 Å². The molecular weight excluding hydrogens is 350 g/mol. The number of methoxy groups -OCH3 is 1. The fourth-order valence-electron chi connectivity index (χ4n) is 3.40. The van der Waals surface area contributed by atoms with Gasteiger partial charge in [0, 0.05) is 42.7 Å². The van der Waals surface area contributed by atoms with Crippen LogP contribution in [0.5, 0.6) is 5.75 Å². The van der Waals surface area contributed by atoms with Crippen LogP contribution in [0, 0.1) is 0 Å². The van der Waals surface area contributed by atoms with Crippen LogP contribution in [-0.4, -0.2) is 28.1 Å². The summed E-state index contributed by atoms with van der Waals surface area (Å²) in [6.07, 6.45) is 5.56. The van der Waals surface area contributed by atoms with Gasteiger partial charge in [0.05, 0.1) is 12.8 Å². The summed E-state index contributed by atoms with van der Waals surface area (Å²) in [5.74, 6) is 2.57. The Morgan fingerprint density at radius 3 is 2.61 bits per heavy atom. The standard InChI is InChI=1S/C22H25N5O/c1-15(3-4-16-5-7-18(28-2)8-6-16)25-22-19-13-24-14-20(19)26-21(27-22)17-9-11-23-12-10-17/h5-12,15,24H,3-4,13-14H2,1-2H3,(H,25,26,27)/t15-/m1/s1. The lowest BCUT2D eigenvalue weighted by Crippen LogP contribution is -2.19. The highest BCUT2D eigenvalue weighted by molar-refractivity contribution is 5.60. The molecule has 144 valence electrons. The monoisotopic (exact) mass is 375 g/mol. The Kier molecular flexibility index (Phi) is 5.48. The fraction of sp³-hybridized carbons (Fsp3) is 0.318. The molecule has 0 saturated heterocycles. The van der Waals surface area contributed by atoms with Gasteiger partial charge in [-0.1, -0.05) is 12.1 Å². The lowest BCUT2D eigenvalue weighted by molar-refractivity contribution is 0.414. The number of hydrogen-bond acceptors (Lipinski definition) is 6. The zero-order valence-electron chi connectivity index (χ0n) is 16.3. The summed E-state index contributed by atoms with van der Waals surface area (Å²) >= 11 is 0. The number of aromatic nitrogens is 3. The van der Waals surface area contributed by atoms with Gasteiger partial charge in [0.25, 0.3) is 0 Å². The van der Waals surface area contributed by atoms with Gasteiger partial charge in [-0.05, 0) is 49.6 Å². The molecule has 0 spiro atoms. The summed E-state index contributed by atoms with van der Waals surface area (Å²) in [5.41, 5.74) is 4.54. The van der Waals surface area contributed by atoms with Gasteiger partial charge in [0.15, 0.2) is 5.82 Å². The second kappa shape index (κ2) is 8.35. The highest BCUT2D eigenvalue weighted by atomic mass is 16.5. The largest absolute Gasteiger partial charge is 0.497 e. The van der Waals surface area contributed by atoms with E-state index in [2.05, 4.69) is 34.7 Å². The molecule has 1 aliphatic rings. The molecule has 6 nitrogen and oxygen atoms in total. The molecule has 2 aromatic heterocycles. The van der Waals surface area contributed by atoms with E-state index in [1.165, 1.54) is 11.1 Å². The number of nitrogens with zero attached hydrogens (tertiary/aromatic N) is 3. The highest BCUT2D eigenvalue weighted by Crippen LogP contribution is 2.26. The van der Waals surface area contributed by atoms with E-state index < -0.39 is 0 Å². The summed E-state index contributed by atoms with van der Waals surface area (Å²) in [7, 11) is 1.69. The number of hydrogen-bond donors (Lipinski definition) is 2. The van der Waals surface area contributed by atoms with Crippen LogP contribution >= 0.6 is 0 Å². The van der Waals surface area contributed by atoms with Crippen molar-refractivity contribution in [3.63, 3.8) is 0 Å². The molecule has 0 amide bonds. The molecule has 4 rings (SSSR count). The van der Waals surface area contributed by atoms with Gasteiger partial charge in [0.1, 0.15) is 11.6 Å². The van der Waals surface area contributed by atoms with Crippen molar-refractivity contribution in [3.8, 4) is 17.1 Å². The van der Waals surface area contributed by atoms with Crippen molar-refractivity contribution in [2.45, 2.75) is 38.9 Å². The molecular formula is C22H25N5O. The molecule has 1 aliphatic heterocycles. The van der Waals surface area contributed by atoms with Crippen molar-refractivity contribution in [2.24, 2.45) is 0 Å². The summed E-state index contributed by atoms with van der Waals surface area (Å²) < 4.78 is 5.23. The van der Waals surface area contributed by atoms with Gasteiger partial charge in [0.2, 0.25) is 0 Å². The third-order valence-corrected chi connectivity index (χ3v) is 5.03. The van der Waals surface area contributed by atoms with Crippen molar-refractivity contribution in [1.82, 2.24) is 20.3 Å². The summed E-state index contributed by atoms with van der Waals surface area (Å²) in [6.45, 7) is 3.79. The van der Waals surface area contributed by atoms with Crippen molar-refractivity contribution < 1.29 is 4.74 Å². The van der Waals surface area contributed by atoms with Crippen molar-refractivity contribution in [2.75, 3.05) is 12.4 Å². The summed E-state index contributed by atoms with van der Waals surface area (Å²) in [6, 6.07) is 12.5. The Balaban J connectivity index is 1.48. The van der Waals surface area contributed by atoms with Crippen LogP contribution in [0.4, 0.5) is 5.82 Å². The normalized spacial score (nSPS) is 13.8. The van der Waals surface area contributed by atoms with Gasteiger partial charge in [-0.3, -0.25) is 4.98 Å². The Bertz CT molecular complexity index is 928. The van der Waals surface area contributed by atoms with E-state index >= 15 is 0 Å². The summed E-state index contributed by atoms with van der Waals surface area (Å²) in [4.78, 5) is 13.7. The van der Waals surface area contributed by atoms with E-state index in [9.17, 15) is 0 Å². The zero-order chi connectivity index (χ0) is 19.3. The number of anilines is 1. The molecule has 1 aromatic carbocycles. The van der Waals surface area contributed by atoms with Crippen LogP contribution in [-0.2, 0) is 19.5 Å². The minimum Gasteiger partial charge on any atom is -0.497 e. The maximum Gasteiger partial charge on any atom is 0.161 e. The first-order chi connectivity index (χ1) is 13.7. The van der Waals surface area contributed by atoms with Gasteiger partial charge < -0.3 is 15.4 Å². The zero-order valence-corrected chi connectivity index (χ0v) is 16.3. The first kappa shape index (κ1) is 18.4.